The Hall–Kier alpha value is -0.640. The Balaban J connectivity index is 2.67. The fourth-order valence-corrected chi connectivity index (χ4v) is 1.94. The summed E-state index contributed by atoms with van der Waals surface area (Å²) in [5.74, 6) is -4.29. The lowest BCUT2D eigenvalue weighted by molar-refractivity contribution is -0.0769. The highest BCUT2D eigenvalue weighted by molar-refractivity contribution is 7.99. The number of hydrogen-bond acceptors (Lipinski definition) is 1. The van der Waals surface area contributed by atoms with Gasteiger partial charge in [0, 0.05) is 10.8 Å². The second-order valence-corrected chi connectivity index (χ2v) is 4.70. The number of halogens is 3. The van der Waals surface area contributed by atoms with Crippen molar-refractivity contribution in [2.75, 3.05) is 0 Å². The molecule has 0 aromatic heterocycles. The summed E-state index contributed by atoms with van der Waals surface area (Å²) >= 11 is 0.562. The first-order valence-corrected chi connectivity index (χ1v) is 5.56. The smallest absolute Gasteiger partial charge is 0.228 e. The van der Waals surface area contributed by atoms with E-state index in [2.05, 4.69) is 0 Å². The van der Waals surface area contributed by atoms with E-state index in [4.69, 9.17) is 0 Å². The van der Waals surface area contributed by atoms with Gasteiger partial charge in [-0.25, -0.2) is 13.2 Å². The molecule has 0 amide bonds. The molecule has 15 heavy (non-hydrogen) atoms. The minimum atomic E-state index is -3.29. The van der Waals surface area contributed by atoms with Crippen LogP contribution in [0.5, 0.6) is 0 Å². The number of hydrogen-bond donors (Lipinski definition) is 0. The van der Waals surface area contributed by atoms with Crippen LogP contribution in [0.4, 0.5) is 13.2 Å². The predicted octanol–water partition coefficient (Wildman–Crippen LogP) is 4.37. The zero-order chi connectivity index (χ0) is 11.5. The van der Waals surface area contributed by atoms with Gasteiger partial charge in [-0.2, -0.15) is 0 Å². The van der Waals surface area contributed by atoms with Gasteiger partial charge in [0.2, 0.25) is 5.50 Å². The highest BCUT2D eigenvalue weighted by Crippen LogP contribution is 2.39. The summed E-state index contributed by atoms with van der Waals surface area (Å²) in [6, 6.07) is 8.39. The van der Waals surface area contributed by atoms with Gasteiger partial charge in [-0.15, -0.1) is 0 Å². The highest BCUT2D eigenvalue weighted by Gasteiger charge is 2.43. The molecule has 0 fully saturated rings. The van der Waals surface area contributed by atoms with Crippen molar-refractivity contribution in [1.29, 1.82) is 0 Å². The van der Waals surface area contributed by atoms with Crippen molar-refractivity contribution in [3.05, 3.63) is 30.3 Å². The van der Waals surface area contributed by atoms with Crippen molar-refractivity contribution in [3.63, 3.8) is 0 Å². The van der Waals surface area contributed by atoms with E-state index in [0.717, 1.165) is 0 Å². The van der Waals surface area contributed by atoms with Crippen LogP contribution in [0.2, 0.25) is 0 Å². The zero-order valence-electron chi connectivity index (χ0n) is 8.58. The van der Waals surface area contributed by atoms with E-state index < -0.39 is 17.3 Å². The van der Waals surface area contributed by atoms with Gasteiger partial charge in [-0.05, 0) is 12.1 Å². The van der Waals surface area contributed by atoms with Crippen LogP contribution in [-0.2, 0) is 0 Å². The van der Waals surface area contributed by atoms with Gasteiger partial charge in [-0.1, -0.05) is 43.8 Å². The molecule has 0 saturated heterocycles. The first-order valence-electron chi connectivity index (χ1n) is 4.68. The van der Waals surface area contributed by atoms with E-state index in [1.54, 1.807) is 30.3 Å². The summed E-state index contributed by atoms with van der Waals surface area (Å²) in [5.41, 5.74) is -2.19. The zero-order valence-corrected chi connectivity index (χ0v) is 9.40. The number of rotatable bonds is 4. The van der Waals surface area contributed by atoms with Gasteiger partial charge in [-0.3, -0.25) is 0 Å². The first-order chi connectivity index (χ1) is 6.94. The molecule has 0 aliphatic heterocycles. The molecule has 1 aromatic rings. The van der Waals surface area contributed by atoms with Crippen molar-refractivity contribution < 1.29 is 13.2 Å². The lowest BCUT2D eigenvalue weighted by Crippen LogP contribution is -2.33. The molecule has 4 heteroatoms. The Bertz CT molecular complexity index is 298. The van der Waals surface area contributed by atoms with Crippen LogP contribution < -0.4 is 0 Å². The van der Waals surface area contributed by atoms with Gasteiger partial charge in [0.1, 0.15) is 0 Å². The highest BCUT2D eigenvalue weighted by atomic mass is 32.2. The normalized spacial score (nSPS) is 14.3. The lowest BCUT2D eigenvalue weighted by Gasteiger charge is -2.23. The van der Waals surface area contributed by atoms with Gasteiger partial charge in [0.15, 0.2) is 0 Å². The van der Waals surface area contributed by atoms with Crippen LogP contribution in [0.1, 0.15) is 13.8 Å². The van der Waals surface area contributed by atoms with Crippen LogP contribution in [0.3, 0.4) is 0 Å². The molecule has 0 heterocycles. The summed E-state index contributed by atoms with van der Waals surface area (Å²) in [4.78, 5) is 0.519. The summed E-state index contributed by atoms with van der Waals surface area (Å²) in [7, 11) is 0. The summed E-state index contributed by atoms with van der Waals surface area (Å²) < 4.78 is 39.8. The average molecular weight is 234 g/mol. The second kappa shape index (κ2) is 4.92. The molecule has 0 N–H and O–H groups in total. The Morgan fingerprint density at radius 1 is 1.13 bits per heavy atom. The fourth-order valence-electron chi connectivity index (χ4n) is 0.959. The van der Waals surface area contributed by atoms with Crippen LogP contribution in [0.15, 0.2) is 35.2 Å². The molecule has 1 unspecified atom stereocenters. The van der Waals surface area contributed by atoms with Gasteiger partial charge < -0.3 is 0 Å². The third-order valence-electron chi connectivity index (χ3n) is 2.06. The molecule has 1 aromatic carbocycles. The van der Waals surface area contributed by atoms with Crippen LogP contribution in [-0.4, -0.2) is 11.4 Å². The molecular weight excluding hydrogens is 221 g/mol. The topological polar surface area (TPSA) is 0 Å². The third-order valence-corrected chi connectivity index (χ3v) is 3.12. The van der Waals surface area contributed by atoms with Crippen LogP contribution in [0, 0.1) is 5.92 Å². The van der Waals surface area contributed by atoms with Gasteiger partial charge >= 0.3 is 0 Å². The van der Waals surface area contributed by atoms with E-state index in [1.807, 2.05) is 0 Å². The quantitative estimate of drug-likeness (QED) is 0.697. The van der Waals surface area contributed by atoms with E-state index in [9.17, 15) is 13.2 Å². The van der Waals surface area contributed by atoms with E-state index in [1.165, 1.54) is 13.8 Å². The van der Waals surface area contributed by atoms with Crippen molar-refractivity contribution in [2.45, 2.75) is 30.2 Å². The van der Waals surface area contributed by atoms with Crippen molar-refractivity contribution in [3.8, 4) is 0 Å². The molecule has 0 aliphatic rings. The minimum absolute atomic E-state index is 0.519. The van der Waals surface area contributed by atoms with Crippen molar-refractivity contribution in [2.24, 2.45) is 5.92 Å². The molecule has 0 aliphatic carbocycles. The first kappa shape index (κ1) is 12.4. The van der Waals surface area contributed by atoms with Crippen LogP contribution in [0.25, 0.3) is 0 Å². The maximum Gasteiger partial charge on any atom is 0.290 e. The Morgan fingerprint density at radius 2 is 1.67 bits per heavy atom. The molecule has 0 nitrogen and oxygen atoms in total. The van der Waals surface area contributed by atoms with Gasteiger partial charge in [0.25, 0.3) is 5.92 Å². The summed E-state index contributed by atoms with van der Waals surface area (Å²) in [6.45, 7) is 2.64. The predicted molar refractivity (Wildman–Crippen MR) is 57.0 cm³/mol. The molecule has 84 valence electrons. The Kier molecular flexibility index (Phi) is 4.08. The number of alkyl halides is 3. The molecule has 0 saturated carbocycles. The van der Waals surface area contributed by atoms with Gasteiger partial charge in [0.05, 0.1) is 0 Å². The summed E-state index contributed by atoms with van der Waals surface area (Å²) in [5, 5.41) is 0. The Morgan fingerprint density at radius 3 is 2.13 bits per heavy atom. The third kappa shape index (κ3) is 3.16. The van der Waals surface area contributed by atoms with E-state index in [0.29, 0.717) is 16.7 Å². The lowest BCUT2D eigenvalue weighted by atomic mass is 10.1. The number of benzene rings is 1. The molecule has 0 radical (unpaired) electrons. The second-order valence-electron chi connectivity index (χ2n) is 3.58. The van der Waals surface area contributed by atoms with Crippen LogP contribution >= 0.6 is 11.8 Å². The van der Waals surface area contributed by atoms with Crippen molar-refractivity contribution >= 4 is 11.8 Å². The molecule has 0 bridgehead atoms. The monoisotopic (exact) mass is 234 g/mol. The number of thioether (sulfide) groups is 1. The molecule has 1 atom stereocenters. The van der Waals surface area contributed by atoms with E-state index in [-0.39, 0.29) is 0 Å². The largest absolute Gasteiger partial charge is 0.290 e. The maximum absolute atomic E-state index is 13.3. The van der Waals surface area contributed by atoms with Crippen molar-refractivity contribution in [1.82, 2.24) is 0 Å². The molecule has 1 rings (SSSR count). The summed E-state index contributed by atoms with van der Waals surface area (Å²) in [6.07, 6.45) is 0. The Labute approximate surface area is 91.9 Å². The molecular formula is C11H13F3S. The fraction of sp³-hybridized carbons (Fsp3) is 0.455. The minimum Gasteiger partial charge on any atom is -0.228 e. The SMILES string of the molecule is CC(C)C(F)(F)C(F)Sc1ccccc1. The van der Waals surface area contributed by atoms with E-state index >= 15 is 0 Å². The standard InChI is InChI=1S/C11H13F3S/c1-8(2)11(13,14)10(12)15-9-6-4-3-5-7-9/h3-8,10H,1-2H3. The molecule has 0 spiro atoms. The average Bonchev–Trinajstić information content (AvgIpc) is 2.18. The maximum atomic E-state index is 13.3.